The number of aromatic nitrogens is 1. The number of nitrogen functional groups attached to an aromatic ring is 1. The maximum absolute atomic E-state index is 11.5. The monoisotopic (exact) mass is 317 g/mol. The number of anilines is 1. The molecule has 1 aromatic heterocycles. The minimum atomic E-state index is -0.481. The van der Waals surface area contributed by atoms with Crippen LogP contribution in [0.25, 0.3) is 6.08 Å². The van der Waals surface area contributed by atoms with Crippen LogP contribution in [0.2, 0.25) is 5.02 Å². The Morgan fingerprint density at radius 2 is 2.14 bits per heavy atom. The number of rotatable bonds is 5. The van der Waals surface area contributed by atoms with Crippen molar-refractivity contribution in [1.82, 2.24) is 10.3 Å². The molecule has 0 fully saturated rings. The fourth-order valence-corrected chi connectivity index (χ4v) is 1.86. The van der Waals surface area contributed by atoms with Crippen LogP contribution in [0.5, 0.6) is 0 Å². The Hall–Kier alpha value is -2.53. The molecule has 114 valence electrons. The number of nitrogens with zero attached hydrogens (tertiary/aromatic N) is 1. The predicted octanol–water partition coefficient (Wildman–Crippen LogP) is 3.26. The van der Waals surface area contributed by atoms with Crippen LogP contribution in [-0.2, 0) is 11.3 Å². The van der Waals surface area contributed by atoms with Gasteiger partial charge in [-0.1, -0.05) is 48.0 Å². The first-order valence-corrected chi connectivity index (χ1v) is 7.05. The molecule has 0 bridgehead atoms. The molecule has 1 aromatic carbocycles. The van der Waals surface area contributed by atoms with Crippen molar-refractivity contribution in [1.29, 1.82) is 0 Å². The molecule has 1 amide bonds. The van der Waals surface area contributed by atoms with Gasteiger partial charge in [-0.25, -0.2) is 4.79 Å². The summed E-state index contributed by atoms with van der Waals surface area (Å²) >= 11 is 5.76. The van der Waals surface area contributed by atoms with Gasteiger partial charge < -0.3 is 15.8 Å². The summed E-state index contributed by atoms with van der Waals surface area (Å²) in [6.07, 6.45) is 4.48. The minimum Gasteiger partial charge on any atom is -0.445 e. The Morgan fingerprint density at radius 3 is 2.86 bits per heavy atom. The van der Waals surface area contributed by atoms with Crippen molar-refractivity contribution in [3.63, 3.8) is 0 Å². The molecular weight excluding hydrogens is 302 g/mol. The van der Waals surface area contributed by atoms with Crippen LogP contribution < -0.4 is 11.1 Å². The van der Waals surface area contributed by atoms with E-state index in [-0.39, 0.29) is 6.61 Å². The van der Waals surface area contributed by atoms with Gasteiger partial charge in [-0.3, -0.25) is 4.98 Å². The van der Waals surface area contributed by atoms with Crippen molar-refractivity contribution in [2.24, 2.45) is 0 Å². The quantitative estimate of drug-likeness (QED) is 0.887. The number of ether oxygens (including phenoxy) is 1. The number of alkyl carbamates (subject to hydrolysis) is 1. The lowest BCUT2D eigenvalue weighted by molar-refractivity contribution is 0.141. The molecule has 0 saturated carbocycles. The predicted molar refractivity (Wildman–Crippen MR) is 87.3 cm³/mol. The van der Waals surface area contributed by atoms with Crippen LogP contribution in [-0.4, -0.2) is 17.6 Å². The number of carbonyl (C=O) groups is 1. The van der Waals surface area contributed by atoms with Gasteiger partial charge in [0.05, 0.1) is 16.4 Å². The first-order valence-electron chi connectivity index (χ1n) is 6.67. The van der Waals surface area contributed by atoms with Crippen molar-refractivity contribution in [2.75, 3.05) is 12.3 Å². The van der Waals surface area contributed by atoms with Crippen LogP contribution in [0.4, 0.5) is 10.5 Å². The highest BCUT2D eigenvalue weighted by molar-refractivity contribution is 6.30. The SMILES string of the molecule is Nc1cc(Cl)cnc1C=CCNC(=O)OCc1ccccc1. The van der Waals surface area contributed by atoms with E-state index in [1.807, 2.05) is 30.3 Å². The van der Waals surface area contributed by atoms with Gasteiger partial charge >= 0.3 is 6.09 Å². The van der Waals surface area contributed by atoms with Gasteiger partial charge in [-0.15, -0.1) is 0 Å². The van der Waals surface area contributed by atoms with Crippen molar-refractivity contribution in [3.05, 3.63) is 65.0 Å². The fourth-order valence-electron chi connectivity index (χ4n) is 1.69. The highest BCUT2D eigenvalue weighted by atomic mass is 35.5. The van der Waals surface area contributed by atoms with E-state index < -0.39 is 6.09 Å². The van der Waals surface area contributed by atoms with Crippen LogP contribution in [0, 0.1) is 0 Å². The number of pyridine rings is 1. The molecule has 0 unspecified atom stereocenters. The van der Waals surface area contributed by atoms with Crippen molar-refractivity contribution < 1.29 is 9.53 Å². The zero-order valence-electron chi connectivity index (χ0n) is 11.8. The van der Waals surface area contributed by atoms with E-state index in [1.165, 1.54) is 6.20 Å². The maximum Gasteiger partial charge on any atom is 0.407 e. The highest BCUT2D eigenvalue weighted by Crippen LogP contribution is 2.15. The lowest BCUT2D eigenvalue weighted by Crippen LogP contribution is -2.24. The summed E-state index contributed by atoms with van der Waals surface area (Å²) in [5.74, 6) is 0. The van der Waals surface area contributed by atoms with E-state index in [0.29, 0.717) is 22.9 Å². The molecule has 0 atom stereocenters. The van der Waals surface area contributed by atoms with Gasteiger partial charge in [0.1, 0.15) is 6.61 Å². The van der Waals surface area contributed by atoms with E-state index >= 15 is 0 Å². The number of nitrogens with one attached hydrogen (secondary N) is 1. The number of halogens is 1. The molecule has 1 heterocycles. The molecule has 0 radical (unpaired) electrons. The average Bonchev–Trinajstić information content (AvgIpc) is 2.52. The number of amides is 1. The Kier molecular flexibility index (Phi) is 5.80. The lowest BCUT2D eigenvalue weighted by atomic mass is 10.2. The summed E-state index contributed by atoms with van der Waals surface area (Å²) in [4.78, 5) is 15.6. The van der Waals surface area contributed by atoms with E-state index in [1.54, 1.807) is 18.2 Å². The Labute approximate surface area is 133 Å². The molecular formula is C16H16ClN3O2. The number of hydrogen-bond acceptors (Lipinski definition) is 4. The van der Waals surface area contributed by atoms with Crippen LogP contribution in [0.15, 0.2) is 48.7 Å². The van der Waals surface area contributed by atoms with E-state index in [0.717, 1.165) is 5.56 Å². The van der Waals surface area contributed by atoms with Crippen LogP contribution in [0.1, 0.15) is 11.3 Å². The third-order valence-electron chi connectivity index (χ3n) is 2.77. The molecule has 0 aliphatic rings. The first-order chi connectivity index (χ1) is 10.6. The van der Waals surface area contributed by atoms with Gasteiger partial charge in [0, 0.05) is 12.7 Å². The van der Waals surface area contributed by atoms with Crippen molar-refractivity contribution in [3.8, 4) is 0 Å². The van der Waals surface area contributed by atoms with Crippen LogP contribution >= 0.6 is 11.6 Å². The largest absolute Gasteiger partial charge is 0.445 e. The topological polar surface area (TPSA) is 77.2 Å². The molecule has 0 spiro atoms. The number of hydrogen-bond donors (Lipinski definition) is 2. The standard InChI is InChI=1S/C16H16ClN3O2/c17-13-9-14(18)15(20-10-13)7-4-8-19-16(21)22-11-12-5-2-1-3-6-12/h1-7,9-10H,8,11,18H2,(H,19,21). The number of benzene rings is 1. The molecule has 0 saturated heterocycles. The summed E-state index contributed by atoms with van der Waals surface area (Å²) in [5, 5.41) is 3.09. The fraction of sp³-hybridized carbons (Fsp3) is 0.125. The zero-order chi connectivity index (χ0) is 15.8. The maximum atomic E-state index is 11.5. The third-order valence-corrected chi connectivity index (χ3v) is 2.98. The van der Waals surface area contributed by atoms with Gasteiger partial charge in [-0.05, 0) is 17.7 Å². The van der Waals surface area contributed by atoms with Gasteiger partial charge in [0.15, 0.2) is 0 Å². The Balaban J connectivity index is 1.73. The second kappa shape index (κ2) is 8.05. The van der Waals surface area contributed by atoms with E-state index in [2.05, 4.69) is 10.3 Å². The van der Waals surface area contributed by atoms with E-state index in [4.69, 9.17) is 22.1 Å². The molecule has 0 aliphatic heterocycles. The van der Waals surface area contributed by atoms with Gasteiger partial charge in [0.25, 0.3) is 0 Å². The molecule has 2 aromatic rings. The summed E-state index contributed by atoms with van der Waals surface area (Å²) in [5.41, 5.74) is 7.78. The second-order valence-electron chi connectivity index (χ2n) is 4.47. The molecule has 2 rings (SSSR count). The normalized spacial score (nSPS) is 10.6. The summed E-state index contributed by atoms with van der Waals surface area (Å²) in [7, 11) is 0. The molecule has 22 heavy (non-hydrogen) atoms. The Morgan fingerprint density at radius 1 is 1.36 bits per heavy atom. The smallest absolute Gasteiger partial charge is 0.407 e. The summed E-state index contributed by atoms with van der Waals surface area (Å²) in [6, 6.07) is 11.1. The molecule has 6 heteroatoms. The lowest BCUT2D eigenvalue weighted by Gasteiger charge is -2.05. The van der Waals surface area contributed by atoms with E-state index in [9.17, 15) is 4.79 Å². The molecule has 3 N–H and O–H groups in total. The summed E-state index contributed by atoms with van der Waals surface area (Å²) < 4.78 is 5.08. The second-order valence-corrected chi connectivity index (χ2v) is 4.91. The number of nitrogens with two attached hydrogens (primary N) is 1. The van der Waals surface area contributed by atoms with Gasteiger partial charge in [0.2, 0.25) is 0 Å². The van der Waals surface area contributed by atoms with Crippen LogP contribution in [0.3, 0.4) is 0 Å². The van der Waals surface area contributed by atoms with Gasteiger partial charge in [-0.2, -0.15) is 0 Å². The van der Waals surface area contributed by atoms with Crippen molar-refractivity contribution in [2.45, 2.75) is 6.61 Å². The molecule has 0 aliphatic carbocycles. The highest BCUT2D eigenvalue weighted by Gasteiger charge is 2.01. The number of carbonyl (C=O) groups excluding carboxylic acids is 1. The average molecular weight is 318 g/mol. The third kappa shape index (κ3) is 5.10. The summed E-state index contributed by atoms with van der Waals surface area (Å²) in [6.45, 7) is 0.555. The van der Waals surface area contributed by atoms with Crippen molar-refractivity contribution >= 4 is 29.5 Å². The first kappa shape index (κ1) is 15.9. The zero-order valence-corrected chi connectivity index (χ0v) is 12.6. The Bertz CT molecular complexity index is 660. The molecule has 5 nitrogen and oxygen atoms in total. The minimum absolute atomic E-state index is 0.238.